The SMILES string of the molecule is COC(=O)c1ccc(N2CCC[C@]3(CCC[C@H]3OC)C2)nc1. The third-order valence-electron chi connectivity index (χ3n) is 5.21. The molecule has 0 bridgehead atoms. The molecule has 5 nitrogen and oxygen atoms in total. The molecule has 0 radical (unpaired) electrons. The van der Waals surface area contributed by atoms with E-state index in [1.54, 1.807) is 12.3 Å². The van der Waals surface area contributed by atoms with Crippen LogP contribution in [0.2, 0.25) is 0 Å². The maximum Gasteiger partial charge on any atom is 0.339 e. The highest BCUT2D eigenvalue weighted by atomic mass is 16.5. The number of carbonyl (C=O) groups is 1. The average Bonchev–Trinajstić information content (AvgIpc) is 2.96. The zero-order valence-electron chi connectivity index (χ0n) is 13.4. The third kappa shape index (κ3) is 2.70. The molecule has 1 aromatic rings. The molecule has 2 aliphatic rings. The van der Waals surface area contributed by atoms with Crippen molar-refractivity contribution in [1.29, 1.82) is 0 Å². The number of rotatable bonds is 3. The summed E-state index contributed by atoms with van der Waals surface area (Å²) >= 11 is 0. The lowest BCUT2D eigenvalue weighted by molar-refractivity contribution is 0.00216. The van der Waals surface area contributed by atoms with Crippen LogP contribution in [-0.2, 0) is 9.47 Å². The molecule has 0 unspecified atom stereocenters. The molecule has 0 amide bonds. The minimum absolute atomic E-state index is 0.274. The number of nitrogens with zero attached hydrogens (tertiary/aromatic N) is 2. The number of hydrogen-bond acceptors (Lipinski definition) is 5. The predicted molar refractivity (Wildman–Crippen MR) is 84.1 cm³/mol. The molecule has 1 aromatic heterocycles. The van der Waals surface area contributed by atoms with Crippen molar-refractivity contribution in [2.24, 2.45) is 5.41 Å². The molecule has 2 heterocycles. The molecular weight excluding hydrogens is 280 g/mol. The van der Waals surface area contributed by atoms with Gasteiger partial charge in [0.05, 0.1) is 18.8 Å². The van der Waals surface area contributed by atoms with Gasteiger partial charge in [-0.1, -0.05) is 6.42 Å². The van der Waals surface area contributed by atoms with Crippen LogP contribution in [0.4, 0.5) is 5.82 Å². The van der Waals surface area contributed by atoms with Crippen LogP contribution in [0.25, 0.3) is 0 Å². The molecular formula is C17H24N2O3. The van der Waals surface area contributed by atoms with Crippen LogP contribution in [0.5, 0.6) is 0 Å². The lowest BCUT2D eigenvalue weighted by atomic mass is 9.76. The van der Waals surface area contributed by atoms with E-state index in [2.05, 4.69) is 9.88 Å². The van der Waals surface area contributed by atoms with Gasteiger partial charge in [-0.05, 0) is 37.8 Å². The largest absolute Gasteiger partial charge is 0.465 e. The maximum absolute atomic E-state index is 11.5. The van der Waals surface area contributed by atoms with Gasteiger partial charge >= 0.3 is 5.97 Å². The van der Waals surface area contributed by atoms with Crippen molar-refractivity contribution in [2.45, 2.75) is 38.2 Å². The Morgan fingerprint density at radius 2 is 2.14 bits per heavy atom. The molecule has 3 rings (SSSR count). The van der Waals surface area contributed by atoms with Gasteiger partial charge < -0.3 is 14.4 Å². The molecule has 0 N–H and O–H groups in total. The quantitative estimate of drug-likeness (QED) is 0.804. The third-order valence-corrected chi connectivity index (χ3v) is 5.21. The predicted octanol–water partition coefficient (Wildman–Crippen LogP) is 2.65. The van der Waals surface area contributed by atoms with E-state index in [1.165, 1.54) is 39.2 Å². The van der Waals surface area contributed by atoms with Gasteiger partial charge in [0.2, 0.25) is 0 Å². The first-order valence-electron chi connectivity index (χ1n) is 8.01. The monoisotopic (exact) mass is 304 g/mol. The zero-order chi connectivity index (χ0) is 15.6. The summed E-state index contributed by atoms with van der Waals surface area (Å²) in [5.74, 6) is 0.595. The zero-order valence-corrected chi connectivity index (χ0v) is 13.4. The van der Waals surface area contributed by atoms with Gasteiger partial charge in [-0.15, -0.1) is 0 Å². The normalized spacial score (nSPS) is 28.1. The Morgan fingerprint density at radius 1 is 1.32 bits per heavy atom. The van der Waals surface area contributed by atoms with Crippen LogP contribution in [0, 0.1) is 5.41 Å². The average molecular weight is 304 g/mol. The first kappa shape index (κ1) is 15.3. The number of piperidine rings is 1. The summed E-state index contributed by atoms with van der Waals surface area (Å²) in [6.45, 7) is 2.01. The summed E-state index contributed by atoms with van der Waals surface area (Å²) in [6, 6.07) is 3.71. The minimum Gasteiger partial charge on any atom is -0.465 e. The highest BCUT2D eigenvalue weighted by molar-refractivity contribution is 5.89. The van der Waals surface area contributed by atoms with Crippen LogP contribution < -0.4 is 4.90 Å². The van der Waals surface area contributed by atoms with E-state index in [9.17, 15) is 4.79 Å². The molecule has 0 aromatic carbocycles. The molecule has 2 fully saturated rings. The Hall–Kier alpha value is -1.62. The van der Waals surface area contributed by atoms with Gasteiger partial charge in [0.25, 0.3) is 0 Å². The van der Waals surface area contributed by atoms with E-state index >= 15 is 0 Å². The summed E-state index contributed by atoms with van der Waals surface area (Å²) in [6.07, 6.45) is 8.03. The highest BCUT2D eigenvalue weighted by Crippen LogP contribution is 2.46. The Morgan fingerprint density at radius 3 is 2.82 bits per heavy atom. The van der Waals surface area contributed by atoms with E-state index in [0.717, 1.165) is 18.9 Å². The van der Waals surface area contributed by atoms with Crippen LogP contribution in [-0.4, -0.2) is 44.4 Å². The molecule has 1 aliphatic carbocycles. The number of ether oxygens (including phenoxy) is 2. The van der Waals surface area contributed by atoms with E-state index in [1.807, 2.05) is 13.2 Å². The fourth-order valence-electron chi connectivity index (χ4n) is 4.11. The number of carbonyl (C=O) groups excluding carboxylic acids is 1. The first-order valence-corrected chi connectivity index (χ1v) is 8.01. The second-order valence-corrected chi connectivity index (χ2v) is 6.40. The molecule has 22 heavy (non-hydrogen) atoms. The number of aromatic nitrogens is 1. The van der Waals surface area contributed by atoms with Gasteiger partial charge in [0.15, 0.2) is 0 Å². The summed E-state index contributed by atoms with van der Waals surface area (Å²) in [4.78, 5) is 18.3. The Kier molecular flexibility index (Phi) is 4.34. The second-order valence-electron chi connectivity index (χ2n) is 6.40. The molecule has 1 saturated carbocycles. The van der Waals surface area contributed by atoms with E-state index in [-0.39, 0.29) is 11.4 Å². The molecule has 120 valence electrons. The van der Waals surface area contributed by atoms with Crippen molar-refractivity contribution in [2.75, 3.05) is 32.2 Å². The van der Waals surface area contributed by atoms with Crippen molar-refractivity contribution < 1.29 is 14.3 Å². The van der Waals surface area contributed by atoms with Crippen molar-refractivity contribution in [3.8, 4) is 0 Å². The number of anilines is 1. The van der Waals surface area contributed by atoms with Crippen molar-refractivity contribution in [1.82, 2.24) is 4.98 Å². The summed E-state index contributed by atoms with van der Waals surface area (Å²) in [7, 11) is 3.22. The lowest BCUT2D eigenvalue weighted by Crippen LogP contribution is -2.48. The van der Waals surface area contributed by atoms with Gasteiger partial charge in [0.1, 0.15) is 5.82 Å². The van der Waals surface area contributed by atoms with Crippen LogP contribution in [0.3, 0.4) is 0 Å². The molecule has 2 atom stereocenters. The lowest BCUT2D eigenvalue weighted by Gasteiger charge is -2.44. The van der Waals surface area contributed by atoms with Gasteiger partial charge in [0, 0.05) is 31.8 Å². The fraction of sp³-hybridized carbons (Fsp3) is 0.647. The number of hydrogen-bond donors (Lipinski definition) is 0. The summed E-state index contributed by atoms with van der Waals surface area (Å²) in [5, 5.41) is 0. The van der Waals surface area contributed by atoms with Crippen molar-refractivity contribution >= 4 is 11.8 Å². The van der Waals surface area contributed by atoms with Gasteiger partial charge in [-0.2, -0.15) is 0 Å². The van der Waals surface area contributed by atoms with Crippen LogP contribution in [0.15, 0.2) is 18.3 Å². The minimum atomic E-state index is -0.343. The second kappa shape index (κ2) is 6.24. The van der Waals surface area contributed by atoms with Gasteiger partial charge in [-0.25, -0.2) is 9.78 Å². The number of pyridine rings is 1. The molecule has 1 spiro atoms. The topological polar surface area (TPSA) is 51.7 Å². The Labute approximate surface area is 131 Å². The molecule has 1 saturated heterocycles. The number of esters is 1. The van der Waals surface area contributed by atoms with Crippen LogP contribution >= 0.6 is 0 Å². The molecule has 1 aliphatic heterocycles. The van der Waals surface area contributed by atoms with Crippen LogP contribution in [0.1, 0.15) is 42.5 Å². The standard InChI is InChI=1S/C17H24N2O3/c1-21-14-5-3-8-17(14)9-4-10-19(12-17)15-7-6-13(11-18-15)16(20)22-2/h6-7,11,14H,3-5,8-10,12H2,1-2H3/t14-,17-/m1/s1. The van der Waals surface area contributed by atoms with Crippen molar-refractivity contribution in [3.05, 3.63) is 23.9 Å². The first-order chi connectivity index (χ1) is 10.7. The Balaban J connectivity index is 1.76. The highest BCUT2D eigenvalue weighted by Gasteiger charge is 2.46. The van der Waals surface area contributed by atoms with Gasteiger partial charge in [-0.3, -0.25) is 0 Å². The number of methoxy groups -OCH3 is 2. The molecule has 5 heteroatoms. The Bertz CT molecular complexity index is 531. The summed E-state index contributed by atoms with van der Waals surface area (Å²) in [5.41, 5.74) is 0.768. The van der Waals surface area contributed by atoms with E-state index in [4.69, 9.17) is 9.47 Å². The maximum atomic E-state index is 11.5. The van der Waals surface area contributed by atoms with E-state index < -0.39 is 0 Å². The van der Waals surface area contributed by atoms with Crippen molar-refractivity contribution in [3.63, 3.8) is 0 Å². The summed E-state index contributed by atoms with van der Waals surface area (Å²) < 4.78 is 10.5. The smallest absolute Gasteiger partial charge is 0.339 e. The van der Waals surface area contributed by atoms with E-state index in [0.29, 0.717) is 11.7 Å². The fourth-order valence-corrected chi connectivity index (χ4v) is 4.11.